The van der Waals surface area contributed by atoms with E-state index in [9.17, 15) is 18.3 Å². The number of ether oxygens (including phenoxy) is 2. The first-order valence-corrected chi connectivity index (χ1v) is 9.18. The van der Waals surface area contributed by atoms with Crippen molar-refractivity contribution >= 4 is 21.7 Å². The van der Waals surface area contributed by atoms with Crippen molar-refractivity contribution in [3.05, 3.63) is 47.5 Å². The highest BCUT2D eigenvalue weighted by atomic mass is 32.2. The van der Waals surface area contributed by atoms with Crippen molar-refractivity contribution < 1.29 is 27.8 Å². The second-order valence-electron chi connectivity index (χ2n) is 5.71. The molecule has 0 aliphatic carbocycles. The number of carbonyl (C=O) groups is 1. The van der Waals surface area contributed by atoms with Gasteiger partial charge in [-0.05, 0) is 43.2 Å². The van der Waals surface area contributed by atoms with Gasteiger partial charge in [0.15, 0.2) is 11.5 Å². The van der Waals surface area contributed by atoms with Crippen LogP contribution >= 0.6 is 0 Å². The molecule has 0 unspecified atom stereocenters. The number of sulfonamides is 1. The summed E-state index contributed by atoms with van der Waals surface area (Å²) in [6.45, 7) is 2.85. The van der Waals surface area contributed by atoms with Gasteiger partial charge in [-0.25, -0.2) is 8.42 Å². The van der Waals surface area contributed by atoms with Gasteiger partial charge in [0.2, 0.25) is 0 Å². The Bertz CT molecular complexity index is 923. The maximum absolute atomic E-state index is 13.2. The fraction of sp³-hybridized carbons (Fsp3) is 0.278. The lowest BCUT2D eigenvalue weighted by Gasteiger charge is -2.25. The largest absolute Gasteiger partial charge is 0.493 e. The Morgan fingerprint density at radius 2 is 1.69 bits per heavy atom. The van der Waals surface area contributed by atoms with Gasteiger partial charge in [0.25, 0.3) is 10.0 Å². The Kier molecular flexibility index (Phi) is 5.76. The summed E-state index contributed by atoms with van der Waals surface area (Å²) in [6, 6.07) is 9.37. The first kappa shape index (κ1) is 19.6. The lowest BCUT2D eigenvalue weighted by Crippen LogP contribution is -2.36. The molecular formula is C18H21NO6S. The molecule has 7 nitrogen and oxygen atoms in total. The zero-order valence-corrected chi connectivity index (χ0v) is 15.8. The van der Waals surface area contributed by atoms with E-state index in [-0.39, 0.29) is 10.6 Å². The molecule has 0 saturated heterocycles. The maximum Gasteiger partial charge on any atom is 0.324 e. The number of carboxylic acid groups (broad SMARTS) is 1. The van der Waals surface area contributed by atoms with Crippen molar-refractivity contribution in [1.82, 2.24) is 0 Å². The van der Waals surface area contributed by atoms with E-state index < -0.39 is 22.5 Å². The van der Waals surface area contributed by atoms with Crippen LogP contribution in [0.15, 0.2) is 41.3 Å². The highest BCUT2D eigenvalue weighted by Gasteiger charge is 2.29. The molecule has 2 aromatic carbocycles. The Morgan fingerprint density at radius 3 is 2.27 bits per heavy atom. The normalized spacial score (nSPS) is 11.1. The number of nitrogens with zero attached hydrogens (tertiary/aromatic N) is 1. The van der Waals surface area contributed by atoms with Gasteiger partial charge in [-0.2, -0.15) is 0 Å². The molecular weight excluding hydrogens is 358 g/mol. The fourth-order valence-corrected chi connectivity index (χ4v) is 4.00. The second-order valence-corrected chi connectivity index (χ2v) is 7.57. The molecule has 8 heteroatoms. The van der Waals surface area contributed by atoms with E-state index in [0.29, 0.717) is 17.0 Å². The van der Waals surface area contributed by atoms with Crippen LogP contribution < -0.4 is 13.8 Å². The van der Waals surface area contributed by atoms with Crippen molar-refractivity contribution in [3.63, 3.8) is 0 Å². The number of carboxylic acids is 1. The van der Waals surface area contributed by atoms with Gasteiger partial charge >= 0.3 is 5.97 Å². The van der Waals surface area contributed by atoms with Crippen molar-refractivity contribution in [2.45, 2.75) is 18.7 Å². The summed E-state index contributed by atoms with van der Waals surface area (Å²) in [5.41, 5.74) is 1.80. The third-order valence-corrected chi connectivity index (χ3v) is 5.61. The molecule has 0 aromatic heterocycles. The van der Waals surface area contributed by atoms with Crippen LogP contribution in [0.25, 0.3) is 0 Å². The molecule has 140 valence electrons. The molecule has 0 bridgehead atoms. The van der Waals surface area contributed by atoms with Gasteiger partial charge in [-0.15, -0.1) is 0 Å². The van der Waals surface area contributed by atoms with Gasteiger partial charge in [0.1, 0.15) is 6.54 Å². The fourth-order valence-electron chi connectivity index (χ4n) is 2.51. The summed E-state index contributed by atoms with van der Waals surface area (Å²) in [4.78, 5) is 11.2. The Hall–Kier alpha value is -2.74. The molecule has 0 atom stereocenters. The average Bonchev–Trinajstić information content (AvgIpc) is 2.60. The Labute approximate surface area is 152 Å². The van der Waals surface area contributed by atoms with E-state index in [1.807, 2.05) is 13.0 Å². The molecule has 2 rings (SSSR count). The van der Waals surface area contributed by atoms with Crippen molar-refractivity contribution in [3.8, 4) is 11.5 Å². The lowest BCUT2D eigenvalue weighted by molar-refractivity contribution is -0.135. The molecule has 0 saturated carbocycles. The molecule has 1 N–H and O–H groups in total. The van der Waals surface area contributed by atoms with Crippen molar-refractivity contribution in [1.29, 1.82) is 0 Å². The molecule has 0 fully saturated rings. The minimum absolute atomic E-state index is 0.0858. The molecule has 0 amide bonds. The van der Waals surface area contributed by atoms with Gasteiger partial charge in [-0.3, -0.25) is 9.10 Å². The SMILES string of the molecule is COc1ccc(S(=O)(=O)N(CC(=O)O)c2cc(C)ccc2C)cc1OC. The van der Waals surface area contributed by atoms with Crippen LogP contribution in [0.1, 0.15) is 11.1 Å². The van der Waals surface area contributed by atoms with Crippen LogP contribution in [0.2, 0.25) is 0 Å². The topological polar surface area (TPSA) is 93.1 Å². The first-order chi connectivity index (χ1) is 12.2. The zero-order valence-electron chi connectivity index (χ0n) is 15.0. The molecule has 0 aliphatic rings. The monoisotopic (exact) mass is 379 g/mol. The summed E-state index contributed by atoms with van der Waals surface area (Å²) in [7, 11) is -1.29. The highest BCUT2D eigenvalue weighted by Crippen LogP contribution is 2.33. The summed E-state index contributed by atoms with van der Waals surface area (Å²) in [5, 5.41) is 9.25. The van der Waals surface area contributed by atoms with Gasteiger partial charge in [0.05, 0.1) is 24.8 Å². The summed E-state index contributed by atoms with van der Waals surface area (Å²) >= 11 is 0. The number of hydrogen-bond acceptors (Lipinski definition) is 5. The molecule has 0 spiro atoms. The number of methoxy groups -OCH3 is 2. The van der Waals surface area contributed by atoms with Crippen LogP contribution in [0.5, 0.6) is 11.5 Å². The van der Waals surface area contributed by atoms with Crippen molar-refractivity contribution in [2.75, 3.05) is 25.1 Å². The number of rotatable bonds is 7. The third kappa shape index (κ3) is 3.91. The predicted octanol–water partition coefficient (Wildman–Crippen LogP) is 2.60. The summed E-state index contributed by atoms with van der Waals surface area (Å²) in [5.74, 6) is -0.636. The van der Waals surface area contributed by atoms with Crippen LogP contribution in [-0.4, -0.2) is 40.3 Å². The number of benzene rings is 2. The smallest absolute Gasteiger partial charge is 0.324 e. The Morgan fingerprint density at radius 1 is 1.04 bits per heavy atom. The van der Waals surface area contributed by atoms with E-state index >= 15 is 0 Å². The first-order valence-electron chi connectivity index (χ1n) is 7.74. The van der Waals surface area contributed by atoms with E-state index in [1.165, 1.54) is 32.4 Å². The number of hydrogen-bond donors (Lipinski definition) is 1. The highest BCUT2D eigenvalue weighted by molar-refractivity contribution is 7.92. The van der Waals surface area contributed by atoms with Crippen LogP contribution in [-0.2, 0) is 14.8 Å². The van der Waals surface area contributed by atoms with E-state index in [0.717, 1.165) is 9.87 Å². The van der Waals surface area contributed by atoms with Gasteiger partial charge in [0, 0.05) is 6.07 Å². The second kappa shape index (κ2) is 7.65. The molecule has 0 heterocycles. The molecule has 0 radical (unpaired) electrons. The Balaban J connectivity index is 2.63. The summed E-state index contributed by atoms with van der Waals surface area (Å²) < 4.78 is 37.5. The third-order valence-electron chi connectivity index (χ3n) is 3.86. The minimum Gasteiger partial charge on any atom is -0.493 e. The minimum atomic E-state index is -4.13. The number of aliphatic carboxylic acids is 1. The van der Waals surface area contributed by atoms with E-state index in [1.54, 1.807) is 19.1 Å². The van der Waals surface area contributed by atoms with Crippen LogP contribution in [0.4, 0.5) is 5.69 Å². The number of aryl methyl sites for hydroxylation is 2. The van der Waals surface area contributed by atoms with Crippen molar-refractivity contribution in [2.24, 2.45) is 0 Å². The van der Waals surface area contributed by atoms with E-state index in [4.69, 9.17) is 9.47 Å². The molecule has 0 aliphatic heterocycles. The average molecular weight is 379 g/mol. The molecule has 2 aromatic rings. The van der Waals surface area contributed by atoms with Crippen LogP contribution in [0, 0.1) is 13.8 Å². The zero-order chi connectivity index (χ0) is 19.5. The summed E-state index contributed by atoms with van der Waals surface area (Å²) in [6.07, 6.45) is 0. The molecule has 26 heavy (non-hydrogen) atoms. The standard InChI is InChI=1S/C18H21NO6S/c1-12-5-6-13(2)15(9-12)19(11-18(20)21)26(22,23)14-7-8-16(24-3)17(10-14)25-4/h5-10H,11H2,1-4H3,(H,20,21). The van der Waals surface area contributed by atoms with Gasteiger partial charge in [-0.1, -0.05) is 12.1 Å². The van der Waals surface area contributed by atoms with Crippen LogP contribution in [0.3, 0.4) is 0 Å². The van der Waals surface area contributed by atoms with Gasteiger partial charge < -0.3 is 14.6 Å². The lowest BCUT2D eigenvalue weighted by atomic mass is 10.1. The number of anilines is 1. The quantitative estimate of drug-likeness (QED) is 0.795. The van der Waals surface area contributed by atoms with E-state index in [2.05, 4.69) is 0 Å². The predicted molar refractivity (Wildman–Crippen MR) is 97.6 cm³/mol. The maximum atomic E-state index is 13.2.